The van der Waals surface area contributed by atoms with Crippen molar-refractivity contribution in [2.24, 2.45) is 0 Å². The Hall–Kier alpha value is -0.760. The molecular weight excluding hydrogens is 316 g/mol. The van der Waals surface area contributed by atoms with Crippen LogP contribution in [0.4, 0.5) is 9.52 Å². The highest BCUT2D eigenvalue weighted by molar-refractivity contribution is 14.1. The lowest BCUT2D eigenvalue weighted by molar-refractivity contribution is 0.630. The van der Waals surface area contributed by atoms with Crippen LogP contribution in [-0.4, -0.2) is 10.2 Å². The molecule has 0 saturated carbocycles. The van der Waals surface area contributed by atoms with Crippen LogP contribution in [0.3, 0.4) is 0 Å². The number of hydrogen-bond acceptors (Lipinski definition) is 4. The van der Waals surface area contributed by atoms with Crippen molar-refractivity contribution < 1.29 is 4.39 Å². The van der Waals surface area contributed by atoms with Gasteiger partial charge in [-0.2, -0.15) is 0 Å². The van der Waals surface area contributed by atoms with Crippen LogP contribution >= 0.6 is 33.9 Å². The van der Waals surface area contributed by atoms with Crippen molar-refractivity contribution in [2.45, 2.75) is 0 Å². The van der Waals surface area contributed by atoms with Crippen molar-refractivity contribution in [3.8, 4) is 10.6 Å². The number of nitrogen functional groups attached to an aromatic ring is 1. The first-order valence-corrected chi connectivity index (χ1v) is 5.61. The summed E-state index contributed by atoms with van der Waals surface area (Å²) >= 11 is 3.29. The zero-order valence-corrected chi connectivity index (χ0v) is 9.84. The largest absolute Gasteiger partial charge is 0.374 e. The van der Waals surface area contributed by atoms with E-state index in [0.29, 0.717) is 15.7 Å². The Morgan fingerprint density at radius 2 is 2.14 bits per heavy atom. The molecule has 0 aliphatic heterocycles. The summed E-state index contributed by atoms with van der Waals surface area (Å²) < 4.78 is 14.3. The highest BCUT2D eigenvalue weighted by Crippen LogP contribution is 2.28. The van der Waals surface area contributed by atoms with Crippen LogP contribution in [0, 0.1) is 9.39 Å². The molecule has 1 aromatic carbocycles. The van der Waals surface area contributed by atoms with E-state index in [9.17, 15) is 4.39 Å². The van der Waals surface area contributed by atoms with E-state index in [-0.39, 0.29) is 5.82 Å². The number of benzene rings is 1. The molecule has 0 atom stereocenters. The summed E-state index contributed by atoms with van der Waals surface area (Å²) in [6.07, 6.45) is 0. The van der Waals surface area contributed by atoms with E-state index in [4.69, 9.17) is 5.73 Å². The number of hydrogen-bond donors (Lipinski definition) is 1. The van der Waals surface area contributed by atoms with Gasteiger partial charge in [0.2, 0.25) is 5.13 Å². The third-order valence-corrected chi connectivity index (χ3v) is 3.06. The molecule has 6 heteroatoms. The van der Waals surface area contributed by atoms with Crippen molar-refractivity contribution in [1.29, 1.82) is 0 Å². The summed E-state index contributed by atoms with van der Waals surface area (Å²) in [5.74, 6) is -0.304. The maximum Gasteiger partial charge on any atom is 0.203 e. The minimum Gasteiger partial charge on any atom is -0.374 e. The zero-order valence-electron chi connectivity index (χ0n) is 6.87. The second-order valence-electron chi connectivity index (χ2n) is 2.57. The fourth-order valence-electron chi connectivity index (χ4n) is 1.00. The SMILES string of the molecule is Nc1nnc(-c2cc(I)ccc2F)s1. The molecule has 1 aromatic heterocycles. The molecule has 0 amide bonds. The molecule has 14 heavy (non-hydrogen) atoms. The number of aromatic nitrogens is 2. The Balaban J connectivity index is 2.55. The highest BCUT2D eigenvalue weighted by Gasteiger charge is 2.10. The molecule has 2 rings (SSSR count). The monoisotopic (exact) mass is 321 g/mol. The van der Waals surface area contributed by atoms with Crippen LogP contribution in [0.15, 0.2) is 18.2 Å². The van der Waals surface area contributed by atoms with E-state index in [0.717, 1.165) is 3.57 Å². The van der Waals surface area contributed by atoms with Crippen LogP contribution in [-0.2, 0) is 0 Å². The predicted octanol–water partition coefficient (Wildman–Crippen LogP) is 2.53. The van der Waals surface area contributed by atoms with E-state index >= 15 is 0 Å². The summed E-state index contributed by atoms with van der Waals surface area (Å²) in [6.45, 7) is 0. The number of rotatable bonds is 1. The Bertz CT molecular complexity index is 471. The number of nitrogens with zero attached hydrogens (tertiary/aromatic N) is 2. The molecule has 2 aromatic rings. The molecule has 0 radical (unpaired) electrons. The van der Waals surface area contributed by atoms with Crippen LogP contribution in [0.1, 0.15) is 0 Å². The molecule has 0 aliphatic carbocycles. The quantitative estimate of drug-likeness (QED) is 0.821. The van der Waals surface area contributed by atoms with Gasteiger partial charge in [-0.1, -0.05) is 11.3 Å². The molecular formula is C8H5FIN3S. The first kappa shape index (κ1) is 9.78. The molecule has 2 N–H and O–H groups in total. The van der Waals surface area contributed by atoms with Crippen molar-refractivity contribution >= 4 is 39.1 Å². The number of anilines is 1. The third-order valence-electron chi connectivity index (χ3n) is 1.60. The maximum absolute atomic E-state index is 13.4. The Kier molecular flexibility index (Phi) is 2.64. The topological polar surface area (TPSA) is 51.8 Å². The molecule has 3 nitrogen and oxygen atoms in total. The van der Waals surface area contributed by atoms with Crippen LogP contribution < -0.4 is 5.73 Å². The van der Waals surface area contributed by atoms with Crippen LogP contribution in [0.25, 0.3) is 10.6 Å². The molecule has 0 fully saturated rings. The summed E-state index contributed by atoms with van der Waals surface area (Å²) in [5.41, 5.74) is 5.87. The smallest absolute Gasteiger partial charge is 0.203 e. The molecule has 0 saturated heterocycles. The van der Waals surface area contributed by atoms with Gasteiger partial charge in [-0.15, -0.1) is 10.2 Å². The van der Waals surface area contributed by atoms with Gasteiger partial charge >= 0.3 is 0 Å². The van der Waals surface area contributed by atoms with Gasteiger partial charge in [0.05, 0.1) is 0 Å². The lowest BCUT2D eigenvalue weighted by Gasteiger charge is -1.98. The van der Waals surface area contributed by atoms with Gasteiger partial charge in [0.1, 0.15) is 5.82 Å². The lowest BCUT2D eigenvalue weighted by atomic mass is 10.2. The second kappa shape index (κ2) is 3.77. The minimum atomic E-state index is -0.304. The highest BCUT2D eigenvalue weighted by atomic mass is 127. The van der Waals surface area contributed by atoms with Gasteiger partial charge < -0.3 is 5.73 Å². The van der Waals surface area contributed by atoms with Gasteiger partial charge in [-0.3, -0.25) is 0 Å². The summed E-state index contributed by atoms with van der Waals surface area (Å²) in [5, 5.41) is 8.29. The third kappa shape index (κ3) is 1.85. The average molecular weight is 321 g/mol. The van der Waals surface area contributed by atoms with Crippen molar-refractivity contribution in [2.75, 3.05) is 5.73 Å². The fraction of sp³-hybridized carbons (Fsp3) is 0. The standard InChI is InChI=1S/C8H5FIN3S/c9-6-2-1-4(10)3-5(6)7-12-13-8(11)14-7/h1-3H,(H2,11,13). The van der Waals surface area contributed by atoms with E-state index in [1.54, 1.807) is 12.1 Å². The minimum absolute atomic E-state index is 0.304. The van der Waals surface area contributed by atoms with E-state index in [1.165, 1.54) is 17.4 Å². The molecule has 72 valence electrons. The first-order valence-electron chi connectivity index (χ1n) is 3.71. The normalized spacial score (nSPS) is 10.4. The molecule has 0 spiro atoms. The Morgan fingerprint density at radius 1 is 1.36 bits per heavy atom. The Labute approximate surface area is 97.3 Å². The fourth-order valence-corrected chi connectivity index (χ4v) is 2.12. The Morgan fingerprint density at radius 3 is 2.79 bits per heavy atom. The predicted molar refractivity (Wildman–Crippen MR) is 62.4 cm³/mol. The van der Waals surface area contributed by atoms with E-state index in [1.807, 2.05) is 0 Å². The lowest BCUT2D eigenvalue weighted by Crippen LogP contribution is -1.84. The molecule has 0 aliphatic rings. The van der Waals surface area contributed by atoms with Crippen LogP contribution in [0.5, 0.6) is 0 Å². The van der Waals surface area contributed by atoms with Gasteiger partial charge in [0, 0.05) is 9.13 Å². The zero-order chi connectivity index (χ0) is 10.1. The van der Waals surface area contributed by atoms with Gasteiger partial charge in [-0.25, -0.2) is 4.39 Å². The van der Waals surface area contributed by atoms with Gasteiger partial charge in [-0.05, 0) is 40.8 Å². The maximum atomic E-state index is 13.4. The van der Waals surface area contributed by atoms with E-state index in [2.05, 4.69) is 32.8 Å². The van der Waals surface area contributed by atoms with Crippen molar-refractivity contribution in [3.63, 3.8) is 0 Å². The van der Waals surface area contributed by atoms with Gasteiger partial charge in [0.25, 0.3) is 0 Å². The summed E-state index contributed by atoms with van der Waals surface area (Å²) in [6, 6.07) is 4.83. The van der Waals surface area contributed by atoms with Crippen molar-refractivity contribution in [3.05, 3.63) is 27.6 Å². The second-order valence-corrected chi connectivity index (χ2v) is 4.82. The molecule has 0 unspecified atom stereocenters. The molecule has 0 bridgehead atoms. The van der Waals surface area contributed by atoms with E-state index < -0.39 is 0 Å². The summed E-state index contributed by atoms with van der Waals surface area (Å²) in [4.78, 5) is 0. The van der Waals surface area contributed by atoms with Crippen molar-refractivity contribution in [1.82, 2.24) is 10.2 Å². The summed E-state index contributed by atoms with van der Waals surface area (Å²) in [7, 11) is 0. The number of halogens is 2. The number of nitrogens with two attached hydrogens (primary N) is 1. The average Bonchev–Trinajstić information content (AvgIpc) is 2.56. The van der Waals surface area contributed by atoms with Crippen LogP contribution in [0.2, 0.25) is 0 Å². The molecule has 1 heterocycles. The first-order chi connectivity index (χ1) is 6.66. The van der Waals surface area contributed by atoms with Gasteiger partial charge in [0.15, 0.2) is 5.01 Å².